The molecule has 0 saturated heterocycles. The van der Waals surface area contributed by atoms with Crippen molar-refractivity contribution >= 4 is 5.69 Å². The molecule has 0 radical (unpaired) electrons. The molecule has 1 N–H and O–H groups in total. The molecule has 4 heteroatoms. The Labute approximate surface area is 107 Å². The fourth-order valence-corrected chi connectivity index (χ4v) is 2.44. The van der Waals surface area contributed by atoms with Gasteiger partial charge in [-0.3, -0.25) is 0 Å². The number of fused-ring (bicyclic) bond motifs is 1. The van der Waals surface area contributed by atoms with E-state index in [-0.39, 0.29) is 0 Å². The van der Waals surface area contributed by atoms with Crippen LogP contribution in [0.15, 0.2) is 24.5 Å². The van der Waals surface area contributed by atoms with E-state index in [1.807, 2.05) is 0 Å². The zero-order chi connectivity index (χ0) is 12.5. The van der Waals surface area contributed by atoms with Gasteiger partial charge in [0.2, 0.25) is 0 Å². The van der Waals surface area contributed by atoms with Gasteiger partial charge in [0, 0.05) is 23.8 Å². The molecule has 1 aromatic heterocycles. The number of hydrogen-bond donors (Lipinski definition) is 1. The molecule has 0 saturated carbocycles. The second kappa shape index (κ2) is 4.44. The lowest BCUT2D eigenvalue weighted by Gasteiger charge is -2.19. The largest absolute Gasteiger partial charge is 0.385 e. The molecule has 0 fully saturated rings. The summed E-state index contributed by atoms with van der Waals surface area (Å²) < 4.78 is 2.11. The zero-order valence-electron chi connectivity index (χ0n) is 10.8. The van der Waals surface area contributed by atoms with Crippen molar-refractivity contribution in [3.8, 4) is 11.4 Å². The molecule has 94 valence electrons. The van der Waals surface area contributed by atoms with Crippen molar-refractivity contribution in [2.45, 2.75) is 32.7 Å². The Morgan fingerprint density at radius 1 is 1.33 bits per heavy atom. The van der Waals surface area contributed by atoms with Gasteiger partial charge >= 0.3 is 0 Å². The molecule has 1 aliphatic heterocycles. The van der Waals surface area contributed by atoms with Crippen molar-refractivity contribution < 1.29 is 0 Å². The Bertz CT molecular complexity index is 557. The van der Waals surface area contributed by atoms with Crippen molar-refractivity contribution in [1.29, 1.82) is 0 Å². The summed E-state index contributed by atoms with van der Waals surface area (Å²) in [5, 5.41) is 11.7. The number of nitrogens with zero attached hydrogens (tertiary/aromatic N) is 3. The van der Waals surface area contributed by atoms with E-state index in [4.69, 9.17) is 0 Å². The summed E-state index contributed by atoms with van der Waals surface area (Å²) in [7, 11) is 0. The molecule has 1 aromatic carbocycles. The summed E-state index contributed by atoms with van der Waals surface area (Å²) >= 11 is 0. The average molecular weight is 242 g/mol. The number of aryl methyl sites for hydroxylation is 1. The SMILES string of the molecule is CC(C)n1cnnc1-c1ccc2c(c1)CCCN2. The third-order valence-electron chi connectivity index (χ3n) is 3.43. The number of nitrogens with one attached hydrogen (secondary N) is 1. The third-order valence-corrected chi connectivity index (χ3v) is 3.43. The van der Waals surface area contributed by atoms with Crippen LogP contribution in [0.25, 0.3) is 11.4 Å². The molecule has 0 bridgehead atoms. The maximum Gasteiger partial charge on any atom is 0.163 e. The highest BCUT2D eigenvalue weighted by Gasteiger charge is 2.13. The first-order valence-corrected chi connectivity index (χ1v) is 6.52. The fourth-order valence-electron chi connectivity index (χ4n) is 2.44. The fraction of sp³-hybridized carbons (Fsp3) is 0.429. The molecule has 0 spiro atoms. The average Bonchev–Trinajstić information content (AvgIpc) is 2.87. The highest BCUT2D eigenvalue weighted by Crippen LogP contribution is 2.28. The van der Waals surface area contributed by atoms with E-state index in [9.17, 15) is 0 Å². The summed E-state index contributed by atoms with van der Waals surface area (Å²) in [5.74, 6) is 0.957. The minimum Gasteiger partial charge on any atom is -0.385 e. The molecule has 0 unspecified atom stereocenters. The number of aromatic nitrogens is 3. The second-order valence-electron chi connectivity index (χ2n) is 5.06. The lowest BCUT2D eigenvalue weighted by atomic mass is 10.0. The maximum atomic E-state index is 4.25. The van der Waals surface area contributed by atoms with Crippen LogP contribution in [0.4, 0.5) is 5.69 Å². The molecule has 2 heterocycles. The van der Waals surface area contributed by atoms with Crippen LogP contribution in [0, 0.1) is 0 Å². The van der Waals surface area contributed by atoms with Crippen LogP contribution in [0.5, 0.6) is 0 Å². The van der Waals surface area contributed by atoms with Gasteiger partial charge in [-0.15, -0.1) is 10.2 Å². The summed E-state index contributed by atoms with van der Waals surface area (Å²) in [5.41, 5.74) is 3.81. The lowest BCUT2D eigenvalue weighted by molar-refractivity contribution is 0.604. The zero-order valence-corrected chi connectivity index (χ0v) is 10.8. The van der Waals surface area contributed by atoms with Crippen LogP contribution in [-0.2, 0) is 6.42 Å². The summed E-state index contributed by atoms with van der Waals surface area (Å²) in [4.78, 5) is 0. The molecule has 18 heavy (non-hydrogen) atoms. The van der Waals surface area contributed by atoms with Gasteiger partial charge in [0.25, 0.3) is 0 Å². The van der Waals surface area contributed by atoms with E-state index in [0.29, 0.717) is 6.04 Å². The smallest absolute Gasteiger partial charge is 0.163 e. The van der Waals surface area contributed by atoms with Crippen LogP contribution in [0.3, 0.4) is 0 Å². The molecule has 4 nitrogen and oxygen atoms in total. The quantitative estimate of drug-likeness (QED) is 0.880. The minimum absolute atomic E-state index is 0.379. The van der Waals surface area contributed by atoms with Gasteiger partial charge in [0.05, 0.1) is 0 Å². The second-order valence-corrected chi connectivity index (χ2v) is 5.06. The molecule has 0 aliphatic carbocycles. The third kappa shape index (κ3) is 1.88. The highest BCUT2D eigenvalue weighted by molar-refractivity contribution is 5.64. The van der Waals surface area contributed by atoms with Crippen molar-refractivity contribution in [2.75, 3.05) is 11.9 Å². The minimum atomic E-state index is 0.379. The van der Waals surface area contributed by atoms with Crippen molar-refractivity contribution in [3.05, 3.63) is 30.1 Å². The molecule has 0 amide bonds. The van der Waals surface area contributed by atoms with Crippen LogP contribution >= 0.6 is 0 Å². The van der Waals surface area contributed by atoms with Gasteiger partial charge in [-0.05, 0) is 50.5 Å². The Morgan fingerprint density at radius 2 is 2.22 bits per heavy atom. The Hall–Kier alpha value is -1.84. The number of hydrogen-bond acceptors (Lipinski definition) is 3. The van der Waals surface area contributed by atoms with E-state index in [2.05, 4.69) is 52.1 Å². The van der Waals surface area contributed by atoms with Gasteiger partial charge in [-0.25, -0.2) is 0 Å². The monoisotopic (exact) mass is 242 g/mol. The molecule has 2 aromatic rings. The first kappa shape index (κ1) is 11.3. The van der Waals surface area contributed by atoms with Crippen LogP contribution in [0.1, 0.15) is 31.9 Å². The topological polar surface area (TPSA) is 42.7 Å². The highest BCUT2D eigenvalue weighted by atomic mass is 15.3. The van der Waals surface area contributed by atoms with E-state index >= 15 is 0 Å². The normalized spacial score (nSPS) is 14.4. The predicted octanol–water partition coefficient (Wildman–Crippen LogP) is 2.88. The summed E-state index contributed by atoms with van der Waals surface area (Å²) in [6.45, 7) is 5.37. The molecular formula is C14H18N4. The van der Waals surface area contributed by atoms with Gasteiger partial charge in [0.15, 0.2) is 5.82 Å². The first-order valence-electron chi connectivity index (χ1n) is 6.52. The Morgan fingerprint density at radius 3 is 3.06 bits per heavy atom. The molecule has 0 atom stereocenters. The lowest BCUT2D eigenvalue weighted by Crippen LogP contribution is -2.11. The molecular weight excluding hydrogens is 224 g/mol. The van der Waals surface area contributed by atoms with Gasteiger partial charge in [-0.2, -0.15) is 0 Å². The standard InChI is InChI=1S/C14H18N4/c1-10(2)18-9-16-17-14(18)12-5-6-13-11(8-12)4-3-7-15-13/h5-6,8-10,15H,3-4,7H2,1-2H3. The van der Waals surface area contributed by atoms with E-state index in [0.717, 1.165) is 24.4 Å². The number of anilines is 1. The maximum absolute atomic E-state index is 4.25. The Kier molecular flexibility index (Phi) is 2.78. The number of benzene rings is 1. The van der Waals surface area contributed by atoms with Crippen molar-refractivity contribution in [3.63, 3.8) is 0 Å². The first-order chi connectivity index (χ1) is 8.75. The Balaban J connectivity index is 2.04. The van der Waals surface area contributed by atoms with E-state index < -0.39 is 0 Å². The van der Waals surface area contributed by atoms with Crippen molar-refractivity contribution in [2.24, 2.45) is 0 Å². The van der Waals surface area contributed by atoms with Gasteiger partial charge < -0.3 is 9.88 Å². The molecule has 1 aliphatic rings. The number of rotatable bonds is 2. The summed E-state index contributed by atoms with van der Waals surface area (Å²) in [6, 6.07) is 6.90. The molecule has 3 rings (SSSR count). The van der Waals surface area contributed by atoms with Gasteiger partial charge in [0.1, 0.15) is 6.33 Å². The van der Waals surface area contributed by atoms with E-state index in [1.54, 1.807) is 6.33 Å². The van der Waals surface area contributed by atoms with Crippen LogP contribution < -0.4 is 5.32 Å². The predicted molar refractivity (Wildman–Crippen MR) is 72.7 cm³/mol. The van der Waals surface area contributed by atoms with Crippen molar-refractivity contribution in [1.82, 2.24) is 14.8 Å². The van der Waals surface area contributed by atoms with Gasteiger partial charge in [-0.1, -0.05) is 0 Å². The van der Waals surface area contributed by atoms with E-state index in [1.165, 1.54) is 17.7 Å². The van der Waals surface area contributed by atoms with Crippen LogP contribution in [-0.4, -0.2) is 21.3 Å². The summed E-state index contributed by atoms with van der Waals surface area (Å²) in [6.07, 6.45) is 4.15. The van der Waals surface area contributed by atoms with Crippen LogP contribution in [0.2, 0.25) is 0 Å².